The van der Waals surface area contributed by atoms with Crippen LogP contribution in [0.15, 0.2) is 34.9 Å². The number of halogens is 2. The molecule has 0 unspecified atom stereocenters. The van der Waals surface area contributed by atoms with E-state index in [1.54, 1.807) is 6.07 Å². The van der Waals surface area contributed by atoms with Gasteiger partial charge in [0.2, 0.25) is 0 Å². The number of nitrogens with zero attached hydrogens (tertiary/aromatic N) is 3. The summed E-state index contributed by atoms with van der Waals surface area (Å²) in [4.78, 5) is 21.6. The smallest absolute Gasteiger partial charge is 0.288 e. The Hall–Kier alpha value is -2.55. The third-order valence-corrected chi connectivity index (χ3v) is 3.79. The second-order valence-electron chi connectivity index (χ2n) is 4.80. The molecular weight excluding hydrogens is 369 g/mol. The molecule has 3 rings (SSSR count). The van der Waals surface area contributed by atoms with Crippen molar-refractivity contribution in [3.8, 4) is 0 Å². The molecule has 0 saturated heterocycles. The molecule has 0 spiro atoms. The molecule has 2 aromatic heterocycles. The number of nitro groups is 1. The van der Waals surface area contributed by atoms with Gasteiger partial charge in [-0.3, -0.25) is 10.1 Å². The summed E-state index contributed by atoms with van der Waals surface area (Å²) in [6, 6.07) is 5.77. The van der Waals surface area contributed by atoms with Gasteiger partial charge in [0, 0.05) is 19.0 Å². The van der Waals surface area contributed by atoms with E-state index >= 15 is 0 Å². The van der Waals surface area contributed by atoms with Gasteiger partial charge in [0.05, 0.1) is 20.4 Å². The lowest BCUT2D eigenvalue weighted by atomic mass is 10.3. The van der Waals surface area contributed by atoms with Gasteiger partial charge < -0.3 is 10.3 Å². The molecule has 2 heterocycles. The molecular formula is C14H11BrFN5O2. The van der Waals surface area contributed by atoms with Crippen molar-refractivity contribution in [1.29, 1.82) is 0 Å². The van der Waals surface area contributed by atoms with E-state index in [4.69, 9.17) is 0 Å². The van der Waals surface area contributed by atoms with Crippen LogP contribution in [0.1, 0.15) is 5.82 Å². The Bertz CT molecular complexity index is 883. The number of hydrogen-bond donors (Lipinski definition) is 2. The van der Waals surface area contributed by atoms with E-state index in [1.165, 1.54) is 24.4 Å². The van der Waals surface area contributed by atoms with Crippen LogP contribution in [0.4, 0.5) is 15.9 Å². The van der Waals surface area contributed by atoms with Crippen LogP contribution in [0.3, 0.4) is 0 Å². The van der Waals surface area contributed by atoms with Gasteiger partial charge in [0.25, 0.3) is 5.69 Å². The van der Waals surface area contributed by atoms with Crippen molar-refractivity contribution in [2.24, 2.45) is 0 Å². The summed E-state index contributed by atoms with van der Waals surface area (Å²) in [5.74, 6) is 0.915. The summed E-state index contributed by atoms with van der Waals surface area (Å²) >= 11 is 3.24. The first-order valence-electron chi connectivity index (χ1n) is 6.71. The van der Waals surface area contributed by atoms with E-state index in [1.807, 2.05) is 0 Å². The first-order valence-corrected chi connectivity index (χ1v) is 7.50. The van der Waals surface area contributed by atoms with Gasteiger partial charge in [-0.1, -0.05) is 0 Å². The van der Waals surface area contributed by atoms with Gasteiger partial charge in [-0.15, -0.1) is 0 Å². The molecule has 0 saturated carbocycles. The molecule has 9 heteroatoms. The normalized spacial score (nSPS) is 10.9. The fourth-order valence-corrected chi connectivity index (χ4v) is 2.59. The predicted octanol–water partition coefficient (Wildman–Crippen LogP) is 3.42. The summed E-state index contributed by atoms with van der Waals surface area (Å²) < 4.78 is 13.6. The van der Waals surface area contributed by atoms with Gasteiger partial charge in [-0.25, -0.2) is 14.4 Å². The topological polar surface area (TPSA) is 96.7 Å². The summed E-state index contributed by atoms with van der Waals surface area (Å²) in [5, 5.41) is 13.7. The molecule has 0 fully saturated rings. The zero-order valence-electron chi connectivity index (χ0n) is 11.7. The molecule has 7 nitrogen and oxygen atoms in total. The Kier molecular flexibility index (Phi) is 4.20. The predicted molar refractivity (Wildman–Crippen MR) is 86.8 cm³/mol. The zero-order chi connectivity index (χ0) is 16.4. The van der Waals surface area contributed by atoms with E-state index in [9.17, 15) is 14.5 Å². The number of H-pyrrole nitrogens is 1. The highest BCUT2D eigenvalue weighted by molar-refractivity contribution is 9.10. The standard InChI is InChI=1S/C14H11BrFN5O2/c15-10-6-9(21(22)23)7-18-14(10)17-4-3-13-19-11-2-1-8(16)5-12(11)20-13/h1-2,5-7H,3-4H2,(H,17,18)(H,19,20). The quantitative estimate of drug-likeness (QED) is 0.522. The molecule has 0 atom stereocenters. The molecule has 0 bridgehead atoms. The van der Waals surface area contributed by atoms with Crippen molar-refractivity contribution >= 4 is 38.5 Å². The summed E-state index contributed by atoms with van der Waals surface area (Å²) in [7, 11) is 0. The van der Waals surface area contributed by atoms with E-state index in [0.717, 1.165) is 5.82 Å². The second-order valence-corrected chi connectivity index (χ2v) is 5.66. The van der Waals surface area contributed by atoms with Gasteiger partial charge in [-0.2, -0.15) is 0 Å². The maximum atomic E-state index is 13.1. The third-order valence-electron chi connectivity index (χ3n) is 3.18. The first-order chi connectivity index (χ1) is 11.0. The van der Waals surface area contributed by atoms with Gasteiger partial charge in [0.1, 0.15) is 23.7 Å². The number of aromatic amines is 1. The Morgan fingerprint density at radius 3 is 2.96 bits per heavy atom. The highest BCUT2D eigenvalue weighted by atomic mass is 79.9. The lowest BCUT2D eigenvalue weighted by molar-refractivity contribution is -0.385. The van der Waals surface area contributed by atoms with E-state index in [-0.39, 0.29) is 11.5 Å². The molecule has 0 aliphatic rings. The molecule has 1 aromatic carbocycles. The van der Waals surface area contributed by atoms with Crippen molar-refractivity contribution in [1.82, 2.24) is 15.0 Å². The van der Waals surface area contributed by atoms with Crippen LogP contribution in [0, 0.1) is 15.9 Å². The van der Waals surface area contributed by atoms with Crippen LogP contribution in [0.25, 0.3) is 11.0 Å². The van der Waals surface area contributed by atoms with E-state index < -0.39 is 4.92 Å². The highest BCUT2D eigenvalue weighted by Gasteiger charge is 2.10. The van der Waals surface area contributed by atoms with Crippen molar-refractivity contribution in [2.45, 2.75) is 6.42 Å². The van der Waals surface area contributed by atoms with Crippen LogP contribution < -0.4 is 5.32 Å². The lowest BCUT2D eigenvalue weighted by Gasteiger charge is -2.06. The van der Waals surface area contributed by atoms with Gasteiger partial charge >= 0.3 is 0 Å². The van der Waals surface area contributed by atoms with E-state index in [2.05, 4.69) is 36.2 Å². The van der Waals surface area contributed by atoms with Gasteiger partial charge in [0.15, 0.2) is 0 Å². The van der Waals surface area contributed by atoms with Gasteiger partial charge in [-0.05, 0) is 34.1 Å². The van der Waals surface area contributed by atoms with Crippen LogP contribution in [-0.4, -0.2) is 26.4 Å². The molecule has 2 N–H and O–H groups in total. The number of anilines is 1. The number of imidazole rings is 1. The van der Waals surface area contributed by atoms with Crippen LogP contribution in [0.2, 0.25) is 0 Å². The largest absolute Gasteiger partial charge is 0.369 e. The summed E-state index contributed by atoms with van der Waals surface area (Å²) in [6.45, 7) is 0.520. The molecule has 0 aliphatic carbocycles. The molecule has 3 aromatic rings. The Balaban J connectivity index is 1.65. The molecule has 0 amide bonds. The summed E-state index contributed by atoms with van der Waals surface area (Å²) in [5.41, 5.74) is 1.27. The average molecular weight is 380 g/mol. The van der Waals surface area contributed by atoms with Crippen molar-refractivity contribution in [3.05, 3.63) is 56.7 Å². The van der Waals surface area contributed by atoms with E-state index in [0.29, 0.717) is 34.3 Å². The van der Waals surface area contributed by atoms with Crippen LogP contribution in [-0.2, 0) is 6.42 Å². The first kappa shape index (κ1) is 15.3. The number of hydrogen-bond acceptors (Lipinski definition) is 5. The number of nitrogens with one attached hydrogen (secondary N) is 2. The zero-order valence-corrected chi connectivity index (χ0v) is 13.3. The van der Waals surface area contributed by atoms with Crippen LogP contribution >= 0.6 is 15.9 Å². The monoisotopic (exact) mass is 379 g/mol. The molecule has 0 radical (unpaired) electrons. The minimum atomic E-state index is -0.505. The Morgan fingerprint density at radius 2 is 2.22 bits per heavy atom. The maximum absolute atomic E-state index is 13.1. The minimum absolute atomic E-state index is 0.0817. The van der Waals surface area contributed by atoms with Crippen LogP contribution in [0.5, 0.6) is 0 Å². The number of aromatic nitrogens is 3. The third kappa shape index (κ3) is 3.45. The Labute approximate surface area is 138 Å². The number of fused-ring (bicyclic) bond motifs is 1. The van der Waals surface area contributed by atoms with Crippen molar-refractivity contribution in [2.75, 3.05) is 11.9 Å². The van der Waals surface area contributed by atoms with Crippen molar-refractivity contribution < 1.29 is 9.31 Å². The number of pyridine rings is 1. The molecule has 0 aliphatic heterocycles. The lowest BCUT2D eigenvalue weighted by Crippen LogP contribution is -2.08. The van der Waals surface area contributed by atoms with Crippen molar-refractivity contribution in [3.63, 3.8) is 0 Å². The Morgan fingerprint density at radius 1 is 1.39 bits per heavy atom. The second kappa shape index (κ2) is 6.29. The fourth-order valence-electron chi connectivity index (χ4n) is 2.11. The summed E-state index contributed by atoms with van der Waals surface area (Å²) in [6.07, 6.45) is 1.76. The SMILES string of the molecule is O=[N+]([O-])c1cnc(NCCc2nc3ccc(F)cc3[nH]2)c(Br)c1. The fraction of sp³-hybridized carbons (Fsp3) is 0.143. The highest BCUT2D eigenvalue weighted by Crippen LogP contribution is 2.24. The maximum Gasteiger partial charge on any atom is 0.288 e. The molecule has 118 valence electrons. The minimum Gasteiger partial charge on any atom is -0.369 e. The molecule has 23 heavy (non-hydrogen) atoms. The average Bonchev–Trinajstić information content (AvgIpc) is 2.90. The number of rotatable bonds is 5. The number of benzene rings is 1.